The Morgan fingerprint density at radius 2 is 2.19 bits per heavy atom. The second-order valence-electron chi connectivity index (χ2n) is 5.99. The molecule has 0 radical (unpaired) electrons. The summed E-state index contributed by atoms with van der Waals surface area (Å²) in [7, 11) is 0. The van der Waals surface area contributed by atoms with E-state index in [9.17, 15) is 5.26 Å². The van der Waals surface area contributed by atoms with E-state index in [0.717, 1.165) is 30.1 Å². The number of hydrogen-bond donors (Lipinski definition) is 1. The molecule has 1 fully saturated rings. The first kappa shape index (κ1) is 14.0. The molecule has 0 aromatic heterocycles. The predicted octanol–water partition coefficient (Wildman–Crippen LogP) is 2.61. The van der Waals surface area contributed by atoms with Crippen molar-refractivity contribution in [3.63, 3.8) is 0 Å². The summed E-state index contributed by atoms with van der Waals surface area (Å²) in [5, 5.41) is 12.8. The van der Waals surface area contributed by atoms with Gasteiger partial charge in [-0.2, -0.15) is 5.26 Å². The van der Waals surface area contributed by atoms with Crippen LogP contribution in [0.2, 0.25) is 0 Å². The summed E-state index contributed by atoms with van der Waals surface area (Å²) in [6, 6.07) is 8.31. The van der Waals surface area contributed by atoms with Crippen LogP contribution in [0.3, 0.4) is 0 Å². The fraction of sp³-hybridized carbons (Fsp3) is 0.562. The van der Waals surface area contributed by atoms with Crippen molar-refractivity contribution in [3.05, 3.63) is 18.2 Å². The lowest BCUT2D eigenvalue weighted by Crippen LogP contribution is -2.46. The van der Waals surface area contributed by atoms with Gasteiger partial charge >= 0.3 is 0 Å². The van der Waals surface area contributed by atoms with Crippen molar-refractivity contribution < 1.29 is 14.2 Å². The van der Waals surface area contributed by atoms with Crippen LogP contribution >= 0.6 is 0 Å². The van der Waals surface area contributed by atoms with Gasteiger partial charge in [0.05, 0.1) is 6.07 Å². The maximum Gasteiger partial charge on any atom is 0.231 e. The summed E-state index contributed by atoms with van der Waals surface area (Å²) in [5.74, 6) is 2.24. The second kappa shape index (κ2) is 5.45. The van der Waals surface area contributed by atoms with E-state index in [1.54, 1.807) is 0 Å². The van der Waals surface area contributed by atoms with Crippen LogP contribution in [0.25, 0.3) is 0 Å². The lowest BCUT2D eigenvalue weighted by molar-refractivity contribution is 0.173. The van der Waals surface area contributed by atoms with Gasteiger partial charge in [-0.1, -0.05) is 0 Å². The van der Waals surface area contributed by atoms with E-state index in [2.05, 4.69) is 25.2 Å². The number of nitrogens with zero attached hydrogens (tertiary/aromatic N) is 1. The number of ether oxygens (including phenoxy) is 3. The first-order valence-electron chi connectivity index (χ1n) is 7.35. The molecule has 1 aromatic carbocycles. The van der Waals surface area contributed by atoms with Crippen molar-refractivity contribution >= 4 is 0 Å². The van der Waals surface area contributed by atoms with Crippen molar-refractivity contribution in [1.82, 2.24) is 5.32 Å². The summed E-state index contributed by atoms with van der Waals surface area (Å²) >= 11 is 0. The standard InChI is InChI=1S/C16H20N2O3/c1-11(2)18-16(9-17)6-5-13(8-16)21-12-3-4-14-15(7-12)20-10-19-14/h3-4,7,11,13,18H,5-6,8,10H2,1-2H3. The Labute approximate surface area is 124 Å². The maximum atomic E-state index is 9.47. The molecular weight excluding hydrogens is 268 g/mol. The minimum atomic E-state index is -0.463. The van der Waals surface area contributed by atoms with Crippen molar-refractivity contribution in [1.29, 1.82) is 5.26 Å². The van der Waals surface area contributed by atoms with Crippen LogP contribution in [0.5, 0.6) is 17.2 Å². The molecule has 3 rings (SSSR count). The van der Waals surface area contributed by atoms with Gasteiger partial charge in [-0.25, -0.2) is 0 Å². The van der Waals surface area contributed by atoms with Gasteiger partial charge in [-0.15, -0.1) is 0 Å². The molecule has 1 N–H and O–H groups in total. The average molecular weight is 288 g/mol. The van der Waals surface area contributed by atoms with E-state index in [1.165, 1.54) is 0 Å². The summed E-state index contributed by atoms with van der Waals surface area (Å²) in [6.07, 6.45) is 2.45. The van der Waals surface area contributed by atoms with Crippen molar-refractivity contribution in [2.24, 2.45) is 0 Å². The Kier molecular flexibility index (Phi) is 3.64. The maximum absolute atomic E-state index is 9.47. The van der Waals surface area contributed by atoms with Crippen LogP contribution in [0.1, 0.15) is 33.1 Å². The molecule has 1 heterocycles. The number of nitriles is 1. The zero-order valence-electron chi connectivity index (χ0n) is 12.4. The van der Waals surface area contributed by atoms with Gasteiger partial charge in [0.2, 0.25) is 6.79 Å². The van der Waals surface area contributed by atoms with Crippen LogP contribution in [0, 0.1) is 11.3 Å². The molecule has 21 heavy (non-hydrogen) atoms. The van der Waals surface area contributed by atoms with Gasteiger partial charge in [0, 0.05) is 18.5 Å². The van der Waals surface area contributed by atoms with E-state index in [4.69, 9.17) is 14.2 Å². The van der Waals surface area contributed by atoms with Crippen LogP contribution in [-0.2, 0) is 0 Å². The highest BCUT2D eigenvalue weighted by molar-refractivity contribution is 5.47. The zero-order valence-corrected chi connectivity index (χ0v) is 12.4. The molecule has 112 valence electrons. The Bertz CT molecular complexity index is 567. The monoisotopic (exact) mass is 288 g/mol. The van der Waals surface area contributed by atoms with Crippen LogP contribution in [-0.4, -0.2) is 24.5 Å². The second-order valence-corrected chi connectivity index (χ2v) is 5.99. The molecule has 0 amide bonds. The molecule has 1 aromatic rings. The van der Waals surface area contributed by atoms with E-state index in [-0.39, 0.29) is 18.9 Å². The van der Waals surface area contributed by atoms with Gasteiger partial charge in [-0.05, 0) is 38.8 Å². The lowest BCUT2D eigenvalue weighted by atomic mass is 9.98. The van der Waals surface area contributed by atoms with E-state index in [0.29, 0.717) is 6.42 Å². The SMILES string of the molecule is CC(C)NC1(C#N)CCC(Oc2ccc3c(c2)OCO3)C1. The van der Waals surface area contributed by atoms with Crippen molar-refractivity contribution in [2.45, 2.75) is 50.8 Å². The van der Waals surface area contributed by atoms with Gasteiger partial charge in [0.25, 0.3) is 0 Å². The quantitative estimate of drug-likeness (QED) is 0.922. The largest absolute Gasteiger partial charge is 0.490 e. The molecule has 0 saturated heterocycles. The highest BCUT2D eigenvalue weighted by atomic mass is 16.7. The number of nitrogens with one attached hydrogen (secondary N) is 1. The molecule has 2 aliphatic rings. The third kappa shape index (κ3) is 2.91. The molecule has 2 unspecified atom stereocenters. The fourth-order valence-corrected chi connectivity index (χ4v) is 3.06. The molecule has 0 bridgehead atoms. The third-order valence-corrected chi connectivity index (χ3v) is 3.89. The molecule has 5 nitrogen and oxygen atoms in total. The van der Waals surface area contributed by atoms with Gasteiger partial charge in [0.1, 0.15) is 17.4 Å². The minimum Gasteiger partial charge on any atom is -0.490 e. The fourth-order valence-electron chi connectivity index (χ4n) is 3.06. The highest BCUT2D eigenvalue weighted by Gasteiger charge is 2.41. The summed E-state index contributed by atoms with van der Waals surface area (Å²) in [6.45, 7) is 4.38. The number of fused-ring (bicyclic) bond motifs is 1. The number of hydrogen-bond acceptors (Lipinski definition) is 5. The number of rotatable bonds is 4. The van der Waals surface area contributed by atoms with Crippen molar-refractivity contribution in [3.8, 4) is 23.3 Å². The molecular formula is C16H20N2O3. The average Bonchev–Trinajstić information content (AvgIpc) is 3.05. The normalized spacial score (nSPS) is 26.9. The van der Waals surface area contributed by atoms with Crippen molar-refractivity contribution in [2.75, 3.05) is 6.79 Å². The van der Waals surface area contributed by atoms with E-state index >= 15 is 0 Å². The summed E-state index contributed by atoms with van der Waals surface area (Å²) in [4.78, 5) is 0. The predicted molar refractivity (Wildman–Crippen MR) is 77.4 cm³/mol. The smallest absolute Gasteiger partial charge is 0.231 e. The Hall–Kier alpha value is -1.93. The van der Waals surface area contributed by atoms with E-state index in [1.807, 2.05) is 18.2 Å². The molecule has 1 aliphatic heterocycles. The Balaban J connectivity index is 1.66. The lowest BCUT2D eigenvalue weighted by Gasteiger charge is -2.25. The highest BCUT2D eigenvalue weighted by Crippen LogP contribution is 2.38. The molecule has 2 atom stereocenters. The van der Waals surface area contributed by atoms with E-state index < -0.39 is 5.54 Å². The molecule has 5 heteroatoms. The first-order chi connectivity index (χ1) is 10.1. The zero-order chi connectivity index (χ0) is 14.9. The summed E-state index contributed by atoms with van der Waals surface area (Å²) < 4.78 is 16.7. The molecule has 0 spiro atoms. The molecule has 1 saturated carbocycles. The van der Waals surface area contributed by atoms with Gasteiger partial charge in [0.15, 0.2) is 11.5 Å². The van der Waals surface area contributed by atoms with Crippen LogP contribution in [0.15, 0.2) is 18.2 Å². The van der Waals surface area contributed by atoms with Crippen LogP contribution in [0.4, 0.5) is 0 Å². The summed E-state index contributed by atoms with van der Waals surface area (Å²) in [5.41, 5.74) is -0.463. The number of benzene rings is 1. The minimum absolute atomic E-state index is 0.0521. The van der Waals surface area contributed by atoms with Crippen LogP contribution < -0.4 is 19.5 Å². The van der Waals surface area contributed by atoms with Gasteiger partial charge < -0.3 is 14.2 Å². The van der Waals surface area contributed by atoms with Gasteiger partial charge in [-0.3, -0.25) is 5.32 Å². The molecule has 1 aliphatic carbocycles. The Morgan fingerprint density at radius 1 is 1.38 bits per heavy atom. The third-order valence-electron chi connectivity index (χ3n) is 3.89. The topological polar surface area (TPSA) is 63.5 Å². The first-order valence-corrected chi connectivity index (χ1v) is 7.35. The Morgan fingerprint density at radius 3 is 2.95 bits per heavy atom.